The number of imidazole rings is 1. The molecule has 8 aromatic rings. The summed E-state index contributed by atoms with van der Waals surface area (Å²) in [5.41, 5.74) is 6.83. The Morgan fingerprint density at radius 2 is 1.24 bits per heavy atom. The molecule has 8 rings (SSSR count). The summed E-state index contributed by atoms with van der Waals surface area (Å²) in [5.74, 6) is -0.239. The maximum atomic E-state index is 13.5. The summed E-state index contributed by atoms with van der Waals surface area (Å²) in [6, 6.07) is 48.2. The second kappa shape index (κ2) is 12.5. The number of aromatic nitrogens is 5. The Morgan fingerprint density at radius 3 is 1.78 bits per heavy atom. The fraction of sp³-hybridized carbons (Fsp3) is 0.0952. The fourth-order valence-corrected chi connectivity index (χ4v) is 6.96. The number of carbonyl (C=O) groups is 1. The van der Waals surface area contributed by atoms with Gasteiger partial charge in [0.2, 0.25) is 11.4 Å². The number of benzene rings is 5. The average Bonchev–Trinajstić information content (AvgIpc) is 3.75. The Morgan fingerprint density at radius 1 is 0.720 bits per heavy atom. The molecule has 0 aliphatic rings. The van der Waals surface area contributed by atoms with Gasteiger partial charge in [0.15, 0.2) is 0 Å². The van der Waals surface area contributed by atoms with Crippen LogP contribution in [-0.2, 0) is 12.6 Å². The van der Waals surface area contributed by atoms with Gasteiger partial charge in [-0.3, -0.25) is 19.4 Å². The van der Waals surface area contributed by atoms with Crippen LogP contribution in [0.4, 0.5) is 0 Å². The van der Waals surface area contributed by atoms with Gasteiger partial charge in [0.1, 0.15) is 5.54 Å². The second-order valence-electron chi connectivity index (χ2n) is 12.5. The van der Waals surface area contributed by atoms with Gasteiger partial charge in [-0.15, -0.1) is 0 Å². The molecule has 0 unspecified atom stereocenters. The Kier molecular flexibility index (Phi) is 7.68. The lowest BCUT2D eigenvalue weighted by Gasteiger charge is -2.37. The Bertz CT molecular complexity index is 2420. The number of carbonyl (C=O) groups excluding carboxylic acids is 1. The van der Waals surface area contributed by atoms with Crippen LogP contribution >= 0.6 is 0 Å². The molecule has 0 bridgehead atoms. The van der Waals surface area contributed by atoms with E-state index in [1.807, 2.05) is 79.9 Å². The quantitative estimate of drug-likeness (QED) is 0.165. The number of rotatable bonds is 8. The van der Waals surface area contributed by atoms with Crippen molar-refractivity contribution in [3.8, 4) is 11.3 Å². The van der Waals surface area contributed by atoms with Crippen LogP contribution in [0, 0.1) is 0 Å². The third-order valence-corrected chi connectivity index (χ3v) is 9.41. The van der Waals surface area contributed by atoms with E-state index in [-0.39, 0.29) is 23.3 Å². The van der Waals surface area contributed by atoms with Gasteiger partial charge in [-0.25, -0.2) is 9.97 Å². The number of hydrogen-bond donors (Lipinski definition) is 2. The summed E-state index contributed by atoms with van der Waals surface area (Å²) in [6.45, 7) is 1.94. The van der Waals surface area contributed by atoms with Gasteiger partial charge in [0.05, 0.1) is 28.3 Å². The highest BCUT2D eigenvalue weighted by Gasteiger charge is 2.40. The zero-order valence-electron chi connectivity index (χ0n) is 27.6. The normalized spacial score (nSPS) is 12.3. The molecule has 244 valence electrons. The molecule has 0 saturated carbocycles. The van der Waals surface area contributed by atoms with E-state index >= 15 is 0 Å². The highest BCUT2D eigenvalue weighted by atomic mass is 16.2. The molecule has 0 radical (unpaired) electrons. The predicted octanol–water partition coefficient (Wildman–Crippen LogP) is 7.61. The SMILES string of the molecule is C[C@@H](NC(=O)c1nc2cc3c(-c4ccc(=O)n(C)c4)[nH]n(C(c4ccccc4)(c4ccccc4)c4ccccc4)c3cc2n1)c1ccccc1. The highest BCUT2D eigenvalue weighted by molar-refractivity contribution is 6.03. The minimum Gasteiger partial charge on any atom is -0.343 e. The Labute approximate surface area is 288 Å². The molecule has 0 aliphatic heterocycles. The standard InChI is InChI=1S/C42H34N6O2/c1-28(29-15-7-3-8-16-29)43-41(50)40-44-35-25-34-37(26-36(35)45-40)48(46-39(34)30-23-24-38(49)47(2)27-30)42(31-17-9-4-10-18-31,32-19-11-5-12-20-32)33-21-13-6-14-22-33/h3-28,46H,1-2H3,(H,43,50)/t28-/m1/s1. The Hall–Kier alpha value is -6.54. The third-order valence-electron chi connectivity index (χ3n) is 9.41. The van der Waals surface area contributed by atoms with Crippen LogP contribution in [0.2, 0.25) is 0 Å². The minimum absolute atomic E-state index is 0.102. The summed E-state index contributed by atoms with van der Waals surface area (Å²) in [5, 5.41) is 7.72. The Balaban J connectivity index is 1.41. The summed E-state index contributed by atoms with van der Waals surface area (Å²) < 4.78 is 3.76. The molecule has 8 nitrogen and oxygen atoms in total. The lowest BCUT2D eigenvalue weighted by Crippen LogP contribution is -2.38. The molecule has 1 amide bonds. The molecule has 50 heavy (non-hydrogen) atoms. The summed E-state index contributed by atoms with van der Waals surface area (Å²) in [6.07, 6.45) is 1.83. The molecule has 0 aliphatic carbocycles. The van der Waals surface area contributed by atoms with Gasteiger partial charge < -0.3 is 9.88 Å². The number of fused-ring (bicyclic) bond motifs is 2. The monoisotopic (exact) mass is 654 g/mol. The van der Waals surface area contributed by atoms with E-state index in [9.17, 15) is 9.59 Å². The van der Waals surface area contributed by atoms with Crippen LogP contribution in [0.5, 0.6) is 0 Å². The number of nitrogens with one attached hydrogen (secondary N) is 2. The van der Waals surface area contributed by atoms with Crippen LogP contribution in [0.3, 0.4) is 0 Å². The van der Waals surface area contributed by atoms with Gasteiger partial charge in [-0.05, 0) is 47.4 Å². The summed E-state index contributed by atoms with van der Waals surface area (Å²) >= 11 is 0. The van der Waals surface area contributed by atoms with Gasteiger partial charge >= 0.3 is 0 Å². The maximum absolute atomic E-state index is 13.5. The van der Waals surface area contributed by atoms with Crippen molar-refractivity contribution in [2.24, 2.45) is 7.05 Å². The van der Waals surface area contributed by atoms with E-state index in [1.165, 1.54) is 0 Å². The second-order valence-corrected chi connectivity index (χ2v) is 12.5. The van der Waals surface area contributed by atoms with Gasteiger partial charge in [0, 0.05) is 30.3 Å². The zero-order valence-corrected chi connectivity index (χ0v) is 27.6. The molecule has 3 heterocycles. The molecule has 8 heteroatoms. The van der Waals surface area contributed by atoms with Crippen molar-refractivity contribution < 1.29 is 4.79 Å². The van der Waals surface area contributed by atoms with E-state index in [0.29, 0.717) is 11.0 Å². The first-order chi connectivity index (χ1) is 24.4. The summed E-state index contributed by atoms with van der Waals surface area (Å²) in [7, 11) is 1.75. The number of aryl methyl sites for hydroxylation is 1. The number of nitrogens with zero attached hydrogens (tertiary/aromatic N) is 4. The van der Waals surface area contributed by atoms with E-state index in [0.717, 1.165) is 44.4 Å². The van der Waals surface area contributed by atoms with Crippen molar-refractivity contribution in [3.05, 3.63) is 190 Å². The lowest BCUT2D eigenvalue weighted by atomic mass is 9.77. The maximum Gasteiger partial charge on any atom is 0.289 e. The molecule has 5 aromatic carbocycles. The van der Waals surface area contributed by atoms with Gasteiger partial charge in [-0.1, -0.05) is 121 Å². The number of H-pyrrole nitrogens is 1. The van der Waals surface area contributed by atoms with Crippen molar-refractivity contribution in [1.29, 1.82) is 0 Å². The van der Waals surface area contributed by atoms with E-state index in [2.05, 4.69) is 87.9 Å². The number of amides is 1. The fourth-order valence-electron chi connectivity index (χ4n) is 6.96. The van der Waals surface area contributed by atoms with E-state index < -0.39 is 5.54 Å². The van der Waals surface area contributed by atoms with Crippen molar-refractivity contribution >= 4 is 27.8 Å². The van der Waals surface area contributed by atoms with Gasteiger partial charge in [0.25, 0.3) is 5.91 Å². The van der Waals surface area contributed by atoms with Crippen LogP contribution in [-0.4, -0.2) is 30.2 Å². The first kappa shape index (κ1) is 30.8. The van der Waals surface area contributed by atoms with E-state index in [4.69, 9.17) is 9.97 Å². The molecular weight excluding hydrogens is 621 g/mol. The third kappa shape index (κ3) is 5.18. The van der Waals surface area contributed by atoms with Crippen molar-refractivity contribution in [1.82, 2.24) is 29.6 Å². The minimum atomic E-state index is -0.861. The number of pyridine rings is 1. The smallest absolute Gasteiger partial charge is 0.289 e. The zero-order chi connectivity index (χ0) is 34.2. The van der Waals surface area contributed by atoms with Crippen molar-refractivity contribution in [2.45, 2.75) is 18.5 Å². The van der Waals surface area contributed by atoms with Gasteiger partial charge in [-0.2, -0.15) is 0 Å². The summed E-state index contributed by atoms with van der Waals surface area (Å²) in [4.78, 5) is 35.5. The van der Waals surface area contributed by atoms with Crippen LogP contribution in [0.15, 0.2) is 157 Å². The molecule has 1 atom stereocenters. The van der Waals surface area contributed by atoms with Crippen molar-refractivity contribution in [3.63, 3.8) is 0 Å². The molecular formula is C42H34N6O2. The van der Waals surface area contributed by atoms with Crippen molar-refractivity contribution in [2.75, 3.05) is 0 Å². The first-order valence-corrected chi connectivity index (χ1v) is 16.6. The van der Waals surface area contributed by atoms with Crippen LogP contribution in [0.1, 0.15) is 45.8 Å². The molecule has 3 aromatic heterocycles. The first-order valence-electron chi connectivity index (χ1n) is 16.6. The largest absolute Gasteiger partial charge is 0.343 e. The topological polar surface area (TPSA) is 97.6 Å². The van der Waals surface area contributed by atoms with Crippen LogP contribution in [0.25, 0.3) is 33.2 Å². The number of hydrogen-bond acceptors (Lipinski definition) is 4. The molecule has 0 saturated heterocycles. The van der Waals surface area contributed by atoms with Crippen LogP contribution < -0.4 is 10.9 Å². The molecule has 0 fully saturated rings. The molecule has 0 spiro atoms. The average molecular weight is 655 g/mol. The predicted molar refractivity (Wildman–Crippen MR) is 197 cm³/mol. The highest BCUT2D eigenvalue weighted by Crippen LogP contribution is 2.44. The molecule has 2 N–H and O–H groups in total. The number of aromatic amines is 1. The lowest BCUT2D eigenvalue weighted by molar-refractivity contribution is 0.0930. The van der Waals surface area contributed by atoms with E-state index in [1.54, 1.807) is 17.7 Å².